The number of piperidine rings is 3. The summed E-state index contributed by atoms with van der Waals surface area (Å²) >= 11 is 7.38. The molecule has 360 valence electrons. The van der Waals surface area contributed by atoms with Crippen molar-refractivity contribution >= 4 is 85.2 Å². The SMILES string of the molecule is Cn1c(=O)n(C2CCC(=O)NC2=O)c2ccc(C3CCN(C(=O)Nc4cccc(CS(=O)(=O)N5CC[C@H](Nc6cccc(-c7sc(C(=O)O)c(OCC(=O)O)c7Cl)c6)CC5(C)C)c4)CC3)c(F)c21. The molecule has 8 rings (SSSR count). The van der Waals surface area contributed by atoms with Crippen LogP contribution in [0, 0.1) is 5.82 Å². The van der Waals surface area contributed by atoms with Gasteiger partial charge in [-0.25, -0.2) is 32.0 Å². The van der Waals surface area contributed by atoms with Crippen LogP contribution in [0.1, 0.15) is 85.1 Å². The largest absolute Gasteiger partial charge is 0.479 e. The Morgan fingerprint density at radius 2 is 1.69 bits per heavy atom. The van der Waals surface area contributed by atoms with Crippen molar-refractivity contribution in [3.8, 4) is 16.2 Å². The number of hydrogen-bond donors (Lipinski definition) is 5. The molecule has 2 atom stereocenters. The van der Waals surface area contributed by atoms with Crippen LogP contribution in [-0.4, -0.2) is 105 Å². The molecule has 0 bridgehead atoms. The van der Waals surface area contributed by atoms with Crippen LogP contribution >= 0.6 is 22.9 Å². The van der Waals surface area contributed by atoms with Crippen LogP contribution in [0.25, 0.3) is 21.5 Å². The number of anilines is 2. The number of aryl methyl sites for hydroxylation is 1. The van der Waals surface area contributed by atoms with Crippen LogP contribution < -0.4 is 26.4 Å². The van der Waals surface area contributed by atoms with E-state index in [2.05, 4.69) is 16.0 Å². The molecule has 3 saturated heterocycles. The van der Waals surface area contributed by atoms with Crippen molar-refractivity contribution in [2.24, 2.45) is 7.05 Å². The van der Waals surface area contributed by atoms with E-state index in [1.165, 1.54) is 20.5 Å². The quantitative estimate of drug-likeness (QED) is 0.0785. The third-order valence-electron chi connectivity index (χ3n) is 12.8. The van der Waals surface area contributed by atoms with Gasteiger partial charge in [0.15, 0.2) is 23.1 Å². The zero-order valence-electron chi connectivity index (χ0n) is 37.2. The van der Waals surface area contributed by atoms with Gasteiger partial charge >= 0.3 is 23.7 Å². The number of likely N-dealkylation sites (tertiary alicyclic amines) is 1. The van der Waals surface area contributed by atoms with Gasteiger partial charge in [0, 0.05) is 56.1 Å². The molecule has 22 heteroatoms. The van der Waals surface area contributed by atoms with Crippen molar-refractivity contribution in [1.29, 1.82) is 0 Å². The van der Waals surface area contributed by atoms with Gasteiger partial charge in [-0.2, -0.15) is 4.31 Å². The first-order valence-corrected chi connectivity index (χ1v) is 24.7. The highest BCUT2D eigenvalue weighted by atomic mass is 35.5. The van der Waals surface area contributed by atoms with Crippen molar-refractivity contribution < 1.29 is 51.7 Å². The fourth-order valence-electron chi connectivity index (χ4n) is 9.60. The zero-order chi connectivity index (χ0) is 48.8. The van der Waals surface area contributed by atoms with Crippen molar-refractivity contribution in [3.05, 3.63) is 98.0 Å². The summed E-state index contributed by atoms with van der Waals surface area (Å²) in [5.74, 6) is -4.96. The zero-order valence-corrected chi connectivity index (χ0v) is 39.6. The molecule has 0 saturated carbocycles. The monoisotopic (exact) mass is 993 g/mol. The molecular weight excluding hydrogens is 945 g/mol. The van der Waals surface area contributed by atoms with Gasteiger partial charge in [0.05, 0.1) is 16.1 Å². The standard InChI is InChI=1S/C46H49ClFN7O11S2/c1-46(2)22-30(49-29-9-5-7-27(21-29)40-36(47)39(66-23-35(57)58)41(67-40)43(60)61)16-19-54(46)68(64,65)24-25-6-4-8-28(20-25)50-44(62)53-17-14-26(15-18-53)31-10-11-32-38(37(31)48)52(3)45(63)55(32)33-12-13-34(56)51-42(33)59/h4-11,20-21,26,30,33,49H,12-19,22-24H2,1-3H3,(H,50,62)(H,57,58)(H,60,61)(H,51,56,59)/t30-,33?/m0/s1. The molecule has 68 heavy (non-hydrogen) atoms. The lowest BCUT2D eigenvalue weighted by Crippen LogP contribution is -2.55. The number of carboxylic acids is 2. The van der Waals surface area contributed by atoms with E-state index in [-0.39, 0.29) is 69.8 Å². The van der Waals surface area contributed by atoms with Crippen molar-refractivity contribution in [2.45, 2.75) is 81.7 Å². The molecule has 18 nitrogen and oxygen atoms in total. The average Bonchev–Trinajstić information content (AvgIpc) is 3.74. The van der Waals surface area contributed by atoms with Gasteiger partial charge < -0.3 is 30.5 Å². The molecular formula is C46H49ClFN7O11S2. The number of rotatable bonds is 13. The predicted octanol–water partition coefficient (Wildman–Crippen LogP) is 6.60. The summed E-state index contributed by atoms with van der Waals surface area (Å²) in [5.41, 5.74) is 1.54. The summed E-state index contributed by atoms with van der Waals surface area (Å²) < 4.78 is 53.4. The molecule has 3 aliphatic rings. The molecule has 0 aliphatic carbocycles. The number of aromatic carboxylic acids is 1. The smallest absolute Gasteiger partial charge is 0.349 e. The normalized spacial score (nSPS) is 19.2. The van der Waals surface area contributed by atoms with Gasteiger partial charge in [-0.05, 0) is 98.9 Å². The number of urea groups is 1. The molecule has 5 aromatic rings. The number of carboxylic acid groups (broad SMARTS) is 2. The number of aromatic nitrogens is 2. The van der Waals surface area contributed by atoms with Gasteiger partial charge in [-0.3, -0.25) is 24.0 Å². The van der Waals surface area contributed by atoms with Gasteiger partial charge in [-0.15, -0.1) is 11.3 Å². The lowest BCUT2D eigenvalue weighted by molar-refractivity contribution is -0.139. The number of nitrogens with one attached hydrogen (secondary N) is 3. The highest BCUT2D eigenvalue weighted by Gasteiger charge is 2.42. The average molecular weight is 995 g/mol. The minimum absolute atomic E-state index is 0.0138. The predicted molar refractivity (Wildman–Crippen MR) is 252 cm³/mol. The number of imide groups is 1. The first-order valence-electron chi connectivity index (χ1n) is 21.9. The molecule has 1 unspecified atom stereocenters. The second kappa shape index (κ2) is 19.0. The van der Waals surface area contributed by atoms with E-state index in [0.717, 1.165) is 11.3 Å². The Labute approximate surface area is 398 Å². The Hall–Kier alpha value is -6.29. The summed E-state index contributed by atoms with van der Waals surface area (Å²) in [6.45, 7) is 3.82. The molecule has 2 aromatic heterocycles. The number of benzene rings is 3. The number of imidazole rings is 1. The maximum atomic E-state index is 16.2. The number of sulfonamides is 1. The minimum atomic E-state index is -3.84. The van der Waals surface area contributed by atoms with Crippen LogP contribution in [0.3, 0.4) is 0 Å². The van der Waals surface area contributed by atoms with Gasteiger partial charge in [0.25, 0.3) is 0 Å². The molecule has 5 heterocycles. The van der Waals surface area contributed by atoms with Crippen LogP contribution in [-0.2, 0) is 37.2 Å². The number of aliphatic carboxylic acids is 1. The molecule has 3 aliphatic heterocycles. The molecule has 3 aromatic carbocycles. The Kier molecular flexibility index (Phi) is 13.5. The Morgan fingerprint density at radius 1 is 0.971 bits per heavy atom. The summed E-state index contributed by atoms with van der Waals surface area (Å²) in [4.78, 5) is 75.8. The topological polar surface area (TPSA) is 239 Å². The number of hydrogen-bond acceptors (Lipinski definition) is 11. The second-order valence-corrected chi connectivity index (χ2v) is 21.1. The lowest BCUT2D eigenvalue weighted by Gasteiger charge is -2.45. The molecule has 0 spiro atoms. The first-order chi connectivity index (χ1) is 32.2. The van der Waals surface area contributed by atoms with E-state index in [4.69, 9.17) is 21.4 Å². The fraction of sp³-hybridized carbons (Fsp3) is 0.391. The number of nitrogens with zero attached hydrogens (tertiary/aromatic N) is 4. The number of amides is 4. The third kappa shape index (κ3) is 9.69. The van der Waals surface area contributed by atoms with Gasteiger partial charge in [0.1, 0.15) is 16.6 Å². The Morgan fingerprint density at radius 3 is 2.38 bits per heavy atom. The van der Waals surface area contributed by atoms with Gasteiger partial charge in [-0.1, -0.05) is 41.9 Å². The van der Waals surface area contributed by atoms with Crippen LogP contribution in [0.5, 0.6) is 5.75 Å². The number of ether oxygens (including phenoxy) is 1. The third-order valence-corrected chi connectivity index (χ3v) is 16.5. The van der Waals surface area contributed by atoms with Gasteiger partial charge in [0.2, 0.25) is 21.8 Å². The van der Waals surface area contributed by atoms with Crippen molar-refractivity contribution in [3.63, 3.8) is 0 Å². The number of carbonyl (C=O) groups excluding carboxylic acids is 3. The van der Waals surface area contributed by atoms with E-state index in [0.29, 0.717) is 71.7 Å². The minimum Gasteiger partial charge on any atom is -0.479 e. The number of halogens is 2. The van der Waals surface area contributed by atoms with Crippen molar-refractivity contribution in [1.82, 2.24) is 23.7 Å². The van der Waals surface area contributed by atoms with Crippen molar-refractivity contribution in [2.75, 3.05) is 36.9 Å². The first kappa shape index (κ1) is 48.2. The molecule has 5 N–H and O–H groups in total. The Balaban J connectivity index is 0.867. The number of thiophene rings is 1. The summed E-state index contributed by atoms with van der Waals surface area (Å²) in [5, 5.41) is 27.4. The summed E-state index contributed by atoms with van der Waals surface area (Å²) in [7, 11) is -2.40. The second-order valence-electron chi connectivity index (χ2n) is 17.9. The molecule has 0 radical (unpaired) electrons. The van der Waals surface area contributed by atoms with E-state index in [1.54, 1.807) is 59.5 Å². The van der Waals surface area contributed by atoms with Crippen LogP contribution in [0.2, 0.25) is 5.02 Å². The van der Waals surface area contributed by atoms with E-state index in [9.17, 15) is 42.3 Å². The fourth-order valence-corrected chi connectivity index (χ4v) is 13.0. The molecule has 4 amide bonds. The lowest BCUT2D eigenvalue weighted by atomic mass is 9.88. The van der Waals surface area contributed by atoms with E-state index >= 15 is 4.39 Å². The maximum Gasteiger partial charge on any atom is 0.349 e. The number of carbonyl (C=O) groups is 5. The number of fused-ring (bicyclic) bond motifs is 1. The van der Waals surface area contributed by atoms with Crippen LogP contribution in [0.15, 0.2) is 65.5 Å². The van der Waals surface area contributed by atoms with E-state index < -0.39 is 63.5 Å². The summed E-state index contributed by atoms with van der Waals surface area (Å²) in [6.07, 6.45) is 2.02. The van der Waals surface area contributed by atoms with Crippen LogP contribution in [0.4, 0.5) is 20.6 Å². The molecule has 3 fully saturated rings. The summed E-state index contributed by atoms with van der Waals surface area (Å²) in [6, 6.07) is 15.6. The highest BCUT2D eigenvalue weighted by molar-refractivity contribution is 7.88. The van der Waals surface area contributed by atoms with E-state index in [1.807, 2.05) is 19.9 Å². The maximum absolute atomic E-state index is 16.2. The highest BCUT2D eigenvalue weighted by Crippen LogP contribution is 2.46. The Bertz CT molecular complexity index is 3030.